The Labute approximate surface area is 125 Å². The zero-order valence-corrected chi connectivity index (χ0v) is 12.6. The Bertz CT molecular complexity index is 852. The molecular weight excluding hydrogens is 316 g/mol. The quantitative estimate of drug-likeness (QED) is 0.772. The number of aromatic amines is 1. The van der Waals surface area contributed by atoms with Crippen LogP contribution in [0.25, 0.3) is 10.9 Å². The van der Waals surface area contributed by atoms with Gasteiger partial charge in [0, 0.05) is 18.3 Å². The van der Waals surface area contributed by atoms with Crippen molar-refractivity contribution in [3.63, 3.8) is 0 Å². The van der Waals surface area contributed by atoms with Crippen LogP contribution in [0.15, 0.2) is 46.8 Å². The number of benzene rings is 1. The first-order valence-corrected chi connectivity index (χ1v) is 8.53. The first-order valence-electron chi connectivity index (χ1n) is 5.86. The average molecular weight is 327 g/mol. The van der Waals surface area contributed by atoms with E-state index in [1.165, 1.54) is 6.07 Å². The summed E-state index contributed by atoms with van der Waals surface area (Å²) in [5, 5.41) is 1.10. The van der Waals surface area contributed by atoms with Gasteiger partial charge in [-0.25, -0.2) is 13.1 Å². The molecule has 20 heavy (non-hydrogen) atoms. The lowest BCUT2D eigenvalue weighted by Gasteiger charge is -2.05. The van der Waals surface area contributed by atoms with E-state index in [9.17, 15) is 8.42 Å². The van der Waals surface area contributed by atoms with Gasteiger partial charge in [-0.05, 0) is 35.2 Å². The summed E-state index contributed by atoms with van der Waals surface area (Å²) >= 11 is 6.80. The second-order valence-electron chi connectivity index (χ2n) is 4.28. The number of hydrogen-bond acceptors (Lipinski definition) is 3. The van der Waals surface area contributed by atoms with Crippen LogP contribution in [-0.2, 0) is 16.6 Å². The highest BCUT2D eigenvalue weighted by molar-refractivity contribution is 7.91. The Balaban J connectivity index is 1.78. The number of halogens is 1. The summed E-state index contributed by atoms with van der Waals surface area (Å²) in [5.74, 6) is 0. The van der Waals surface area contributed by atoms with E-state index in [2.05, 4.69) is 9.71 Å². The molecule has 0 radical (unpaired) electrons. The predicted octanol–water partition coefficient (Wildman–Crippen LogP) is 3.36. The molecule has 4 nitrogen and oxygen atoms in total. The first kappa shape index (κ1) is 13.6. The molecule has 104 valence electrons. The van der Waals surface area contributed by atoms with E-state index >= 15 is 0 Å². The fourth-order valence-corrected chi connectivity index (χ4v) is 4.44. The molecule has 0 fully saturated rings. The summed E-state index contributed by atoms with van der Waals surface area (Å²) in [6.07, 6.45) is 1.85. The largest absolute Gasteiger partial charge is 0.361 e. The van der Waals surface area contributed by atoms with Crippen molar-refractivity contribution in [2.24, 2.45) is 0 Å². The van der Waals surface area contributed by atoms with Crippen LogP contribution in [0.3, 0.4) is 0 Å². The highest BCUT2D eigenvalue weighted by Crippen LogP contribution is 2.25. The molecule has 0 atom stereocenters. The Morgan fingerprint density at radius 3 is 2.80 bits per heavy atom. The molecule has 0 aliphatic heterocycles. The molecule has 0 amide bonds. The minimum Gasteiger partial charge on any atom is -0.361 e. The Morgan fingerprint density at radius 2 is 2.05 bits per heavy atom. The van der Waals surface area contributed by atoms with E-state index in [1.54, 1.807) is 6.07 Å². The topological polar surface area (TPSA) is 62.0 Å². The average Bonchev–Trinajstić information content (AvgIpc) is 3.04. The maximum absolute atomic E-state index is 12.1. The molecule has 3 rings (SSSR count). The Kier molecular flexibility index (Phi) is 3.55. The third-order valence-electron chi connectivity index (χ3n) is 2.90. The van der Waals surface area contributed by atoms with Crippen LogP contribution in [-0.4, -0.2) is 13.4 Å². The van der Waals surface area contributed by atoms with Crippen molar-refractivity contribution in [3.05, 3.63) is 52.5 Å². The first-order chi connectivity index (χ1) is 9.54. The molecule has 3 aromatic rings. The molecule has 0 saturated carbocycles. The molecule has 2 N–H and O–H groups in total. The summed E-state index contributed by atoms with van der Waals surface area (Å²) < 4.78 is 27.4. The fraction of sp³-hybridized carbons (Fsp3) is 0.0769. The van der Waals surface area contributed by atoms with E-state index in [0.717, 1.165) is 27.8 Å². The molecule has 0 aliphatic carbocycles. The number of rotatable bonds is 4. The van der Waals surface area contributed by atoms with Gasteiger partial charge < -0.3 is 4.98 Å². The van der Waals surface area contributed by atoms with Crippen LogP contribution in [0.5, 0.6) is 0 Å². The van der Waals surface area contributed by atoms with Crippen molar-refractivity contribution in [3.8, 4) is 0 Å². The van der Waals surface area contributed by atoms with Crippen LogP contribution in [0.4, 0.5) is 0 Å². The number of sulfonamides is 1. The number of nitrogens with one attached hydrogen (secondary N) is 2. The van der Waals surface area contributed by atoms with Crippen molar-refractivity contribution in [1.29, 1.82) is 0 Å². The van der Waals surface area contributed by atoms with Gasteiger partial charge in [-0.1, -0.05) is 23.7 Å². The third-order valence-corrected chi connectivity index (χ3v) is 6.02. The van der Waals surface area contributed by atoms with E-state index in [1.807, 2.05) is 30.5 Å². The van der Waals surface area contributed by atoms with Gasteiger partial charge in [-0.2, -0.15) is 0 Å². The zero-order valence-electron chi connectivity index (χ0n) is 10.3. The molecule has 0 unspecified atom stereocenters. The predicted molar refractivity (Wildman–Crippen MR) is 81.7 cm³/mol. The highest BCUT2D eigenvalue weighted by Gasteiger charge is 2.16. The van der Waals surface area contributed by atoms with Crippen molar-refractivity contribution >= 4 is 43.9 Å². The van der Waals surface area contributed by atoms with Gasteiger partial charge in [0.25, 0.3) is 0 Å². The second-order valence-corrected chi connectivity index (χ2v) is 7.99. The number of aromatic nitrogens is 1. The van der Waals surface area contributed by atoms with Crippen LogP contribution >= 0.6 is 22.9 Å². The summed E-state index contributed by atoms with van der Waals surface area (Å²) in [6, 6.07) is 10.8. The van der Waals surface area contributed by atoms with E-state index in [0.29, 0.717) is 4.34 Å². The zero-order chi connectivity index (χ0) is 14.2. The van der Waals surface area contributed by atoms with Gasteiger partial charge in [0.1, 0.15) is 4.21 Å². The van der Waals surface area contributed by atoms with Crippen molar-refractivity contribution in [2.75, 3.05) is 0 Å². The molecule has 1 aromatic carbocycles. The van der Waals surface area contributed by atoms with Gasteiger partial charge in [0.2, 0.25) is 10.0 Å². The highest BCUT2D eigenvalue weighted by atomic mass is 35.5. The van der Waals surface area contributed by atoms with Crippen LogP contribution in [0, 0.1) is 0 Å². The maximum Gasteiger partial charge on any atom is 0.250 e. The molecule has 0 bridgehead atoms. The lowest BCUT2D eigenvalue weighted by molar-refractivity contribution is 0.583. The molecular formula is C13H11ClN2O2S2. The normalized spacial score (nSPS) is 12.1. The Morgan fingerprint density at radius 1 is 1.20 bits per heavy atom. The van der Waals surface area contributed by atoms with E-state index in [-0.39, 0.29) is 10.8 Å². The van der Waals surface area contributed by atoms with Gasteiger partial charge >= 0.3 is 0 Å². The van der Waals surface area contributed by atoms with Gasteiger partial charge in [-0.15, -0.1) is 11.3 Å². The van der Waals surface area contributed by atoms with E-state index < -0.39 is 10.0 Å². The SMILES string of the molecule is O=S(=O)(NCc1ccc2cc[nH]c2c1)c1ccc(Cl)s1. The molecule has 2 aromatic heterocycles. The van der Waals surface area contributed by atoms with Gasteiger partial charge in [0.05, 0.1) is 4.34 Å². The summed E-state index contributed by atoms with van der Waals surface area (Å²) in [6.45, 7) is 0.243. The molecule has 2 heterocycles. The smallest absolute Gasteiger partial charge is 0.250 e. The van der Waals surface area contributed by atoms with Crippen molar-refractivity contribution in [1.82, 2.24) is 9.71 Å². The lowest BCUT2D eigenvalue weighted by Crippen LogP contribution is -2.22. The number of H-pyrrole nitrogens is 1. The number of thiophene rings is 1. The van der Waals surface area contributed by atoms with Gasteiger partial charge in [-0.3, -0.25) is 0 Å². The minimum atomic E-state index is -3.50. The summed E-state index contributed by atoms with van der Waals surface area (Å²) in [7, 11) is -3.50. The lowest BCUT2D eigenvalue weighted by atomic mass is 10.2. The van der Waals surface area contributed by atoms with Crippen LogP contribution in [0.1, 0.15) is 5.56 Å². The molecule has 0 spiro atoms. The van der Waals surface area contributed by atoms with Crippen LogP contribution in [0.2, 0.25) is 4.34 Å². The van der Waals surface area contributed by atoms with Gasteiger partial charge in [0.15, 0.2) is 0 Å². The number of hydrogen-bond donors (Lipinski definition) is 2. The van der Waals surface area contributed by atoms with Crippen molar-refractivity contribution in [2.45, 2.75) is 10.8 Å². The second kappa shape index (κ2) is 5.21. The fourth-order valence-electron chi connectivity index (χ4n) is 1.90. The maximum atomic E-state index is 12.1. The van der Waals surface area contributed by atoms with Crippen LogP contribution < -0.4 is 4.72 Å². The third kappa shape index (κ3) is 2.73. The van der Waals surface area contributed by atoms with Crippen molar-refractivity contribution < 1.29 is 8.42 Å². The summed E-state index contributed by atoms with van der Waals surface area (Å²) in [4.78, 5) is 3.10. The number of fused-ring (bicyclic) bond motifs is 1. The molecule has 0 saturated heterocycles. The minimum absolute atomic E-state index is 0.225. The molecule has 0 aliphatic rings. The monoisotopic (exact) mass is 326 g/mol. The standard InChI is InChI=1S/C13H11ClN2O2S2/c14-12-3-4-13(19-12)20(17,18)16-8-9-1-2-10-5-6-15-11(10)7-9/h1-7,15-16H,8H2. The Hall–Kier alpha value is -1.34. The van der Waals surface area contributed by atoms with E-state index in [4.69, 9.17) is 11.6 Å². The molecule has 7 heteroatoms. The summed E-state index contributed by atoms with van der Waals surface area (Å²) in [5.41, 5.74) is 1.88.